The topological polar surface area (TPSA) is 96.6 Å². The molecule has 8 nitrogen and oxygen atoms in total. The third-order valence-corrected chi connectivity index (χ3v) is 8.06. The summed E-state index contributed by atoms with van der Waals surface area (Å²) < 4.78 is 33.8. The monoisotopic (exact) mass is 532 g/mol. The van der Waals surface area contributed by atoms with Crippen molar-refractivity contribution in [2.75, 3.05) is 20.1 Å². The van der Waals surface area contributed by atoms with Gasteiger partial charge < -0.3 is 9.42 Å². The second-order valence-electron chi connectivity index (χ2n) is 8.23. The van der Waals surface area contributed by atoms with Crippen molar-refractivity contribution < 1.29 is 17.7 Å². The number of hydrogen-bond donors (Lipinski definition) is 0. The third kappa shape index (κ3) is 5.34. The first-order chi connectivity index (χ1) is 15.7. The summed E-state index contributed by atoms with van der Waals surface area (Å²) in [6.45, 7) is 2.63. The van der Waals surface area contributed by atoms with Crippen LogP contribution in [0.2, 0.25) is 0 Å². The van der Waals surface area contributed by atoms with Gasteiger partial charge in [0.2, 0.25) is 27.6 Å². The molecule has 1 fully saturated rings. The van der Waals surface area contributed by atoms with E-state index in [0.717, 1.165) is 15.6 Å². The molecule has 0 radical (unpaired) electrons. The van der Waals surface area contributed by atoms with Gasteiger partial charge in [-0.1, -0.05) is 50.9 Å². The van der Waals surface area contributed by atoms with E-state index in [2.05, 4.69) is 26.1 Å². The predicted octanol–water partition coefficient (Wildman–Crippen LogP) is 3.87. The molecule has 1 amide bonds. The van der Waals surface area contributed by atoms with Crippen molar-refractivity contribution in [1.82, 2.24) is 19.3 Å². The summed E-state index contributed by atoms with van der Waals surface area (Å²) in [7, 11) is -1.98. The number of carbonyl (C=O) groups is 1. The van der Waals surface area contributed by atoms with Crippen LogP contribution in [0.5, 0.6) is 0 Å². The summed E-state index contributed by atoms with van der Waals surface area (Å²) in [5, 5.41) is 4.00. The lowest BCUT2D eigenvalue weighted by molar-refractivity contribution is -0.136. The minimum absolute atomic E-state index is 0.138. The molecule has 2 heterocycles. The third-order valence-electron chi connectivity index (χ3n) is 5.69. The zero-order valence-electron chi connectivity index (χ0n) is 18.4. The summed E-state index contributed by atoms with van der Waals surface area (Å²) in [4.78, 5) is 19.2. The van der Waals surface area contributed by atoms with Crippen LogP contribution in [0.15, 0.2) is 62.4 Å². The highest BCUT2D eigenvalue weighted by Crippen LogP contribution is 2.26. The second-order valence-corrected chi connectivity index (χ2v) is 11.1. The summed E-state index contributed by atoms with van der Waals surface area (Å²) in [5.41, 5.74) is 1.80. The highest BCUT2D eigenvalue weighted by Gasteiger charge is 2.34. The highest BCUT2D eigenvalue weighted by molar-refractivity contribution is 9.10. The van der Waals surface area contributed by atoms with Crippen molar-refractivity contribution >= 4 is 31.9 Å². The van der Waals surface area contributed by atoms with Gasteiger partial charge in [0.05, 0.1) is 17.4 Å². The standard InChI is InChI=1S/C23H25BrN4O4S/c1-16-8-10-20(11-9-16)33(30,31)28-12-4-6-18(14-28)23(29)27(2)15-21-25-22(26-32-21)17-5-3-7-19(24)13-17/h3,5,7-11,13,18H,4,6,12,14-15H2,1-2H3/t18-/m0/s1. The Hall–Kier alpha value is -2.56. The Balaban J connectivity index is 1.42. The molecule has 1 atom stereocenters. The van der Waals surface area contributed by atoms with E-state index in [-0.39, 0.29) is 23.9 Å². The summed E-state index contributed by atoms with van der Waals surface area (Å²) in [5.74, 6) is 0.207. The van der Waals surface area contributed by atoms with Crippen molar-refractivity contribution in [3.8, 4) is 11.4 Å². The lowest BCUT2D eigenvalue weighted by Crippen LogP contribution is -2.45. The maximum atomic E-state index is 13.1. The van der Waals surface area contributed by atoms with Crippen LogP contribution in [0, 0.1) is 12.8 Å². The predicted molar refractivity (Wildman–Crippen MR) is 127 cm³/mol. The minimum Gasteiger partial charge on any atom is -0.337 e. The van der Waals surface area contributed by atoms with Gasteiger partial charge in [0.25, 0.3) is 0 Å². The second kappa shape index (κ2) is 9.74. The highest BCUT2D eigenvalue weighted by atomic mass is 79.9. The number of hydrogen-bond acceptors (Lipinski definition) is 6. The first-order valence-electron chi connectivity index (χ1n) is 10.6. The van der Waals surface area contributed by atoms with Crippen LogP contribution >= 0.6 is 15.9 Å². The quantitative estimate of drug-likeness (QED) is 0.478. The van der Waals surface area contributed by atoms with E-state index in [1.165, 1.54) is 9.21 Å². The molecule has 2 aromatic carbocycles. The van der Waals surface area contributed by atoms with Gasteiger partial charge in [0.1, 0.15) is 0 Å². The van der Waals surface area contributed by atoms with Gasteiger partial charge in [-0.15, -0.1) is 0 Å². The Kier molecular flexibility index (Phi) is 6.96. The number of amides is 1. The van der Waals surface area contributed by atoms with Crippen molar-refractivity contribution in [1.29, 1.82) is 0 Å². The SMILES string of the molecule is Cc1ccc(S(=O)(=O)N2CCC[C@H](C(=O)N(C)Cc3nc(-c4cccc(Br)c4)no3)C2)cc1. The molecule has 174 valence electrons. The van der Waals surface area contributed by atoms with Gasteiger partial charge in [0.15, 0.2) is 0 Å². The van der Waals surface area contributed by atoms with E-state index in [4.69, 9.17) is 4.52 Å². The summed E-state index contributed by atoms with van der Waals surface area (Å²) in [6.07, 6.45) is 1.26. The molecule has 1 saturated heterocycles. The Morgan fingerprint density at radius 2 is 2.00 bits per heavy atom. The van der Waals surface area contributed by atoms with Crippen LogP contribution in [0.4, 0.5) is 0 Å². The Morgan fingerprint density at radius 1 is 1.24 bits per heavy atom. The van der Waals surface area contributed by atoms with Gasteiger partial charge >= 0.3 is 0 Å². The maximum Gasteiger partial charge on any atom is 0.246 e. The molecule has 0 aliphatic carbocycles. The fourth-order valence-corrected chi connectivity index (χ4v) is 5.80. The zero-order chi connectivity index (χ0) is 23.6. The van der Waals surface area contributed by atoms with Crippen LogP contribution in [0.25, 0.3) is 11.4 Å². The molecular formula is C23H25BrN4O4S. The Morgan fingerprint density at radius 3 is 2.73 bits per heavy atom. The number of nitrogens with zero attached hydrogens (tertiary/aromatic N) is 4. The van der Waals surface area contributed by atoms with E-state index in [0.29, 0.717) is 31.1 Å². The molecule has 0 unspecified atom stereocenters. The fraction of sp³-hybridized carbons (Fsp3) is 0.348. The zero-order valence-corrected chi connectivity index (χ0v) is 20.8. The molecule has 3 aromatic rings. The average molecular weight is 533 g/mol. The van der Waals surface area contributed by atoms with E-state index < -0.39 is 15.9 Å². The van der Waals surface area contributed by atoms with Crippen LogP contribution < -0.4 is 0 Å². The number of rotatable bonds is 6. The lowest BCUT2D eigenvalue weighted by atomic mass is 9.98. The Bertz CT molecular complexity index is 1240. The number of piperidine rings is 1. The van der Waals surface area contributed by atoms with Gasteiger partial charge in [-0.3, -0.25) is 4.79 Å². The molecule has 0 saturated carbocycles. The maximum absolute atomic E-state index is 13.1. The van der Waals surface area contributed by atoms with Crippen LogP contribution in [0.3, 0.4) is 0 Å². The summed E-state index contributed by atoms with van der Waals surface area (Å²) in [6, 6.07) is 14.3. The lowest BCUT2D eigenvalue weighted by Gasteiger charge is -2.33. The van der Waals surface area contributed by atoms with Gasteiger partial charge in [-0.05, 0) is 44.0 Å². The number of benzene rings is 2. The first kappa shape index (κ1) is 23.6. The fourth-order valence-electron chi connectivity index (χ4n) is 3.88. The number of aromatic nitrogens is 2. The van der Waals surface area contributed by atoms with Crippen LogP contribution in [-0.2, 0) is 21.4 Å². The number of halogens is 1. The largest absolute Gasteiger partial charge is 0.337 e. The molecule has 1 aromatic heterocycles. The van der Waals surface area contributed by atoms with Crippen LogP contribution in [-0.4, -0.2) is 53.8 Å². The van der Waals surface area contributed by atoms with E-state index >= 15 is 0 Å². The normalized spacial score (nSPS) is 17.1. The van der Waals surface area contributed by atoms with Crippen molar-refractivity contribution in [3.05, 3.63) is 64.5 Å². The first-order valence-corrected chi connectivity index (χ1v) is 12.9. The van der Waals surface area contributed by atoms with Crippen molar-refractivity contribution in [2.45, 2.75) is 31.2 Å². The molecule has 4 rings (SSSR count). The van der Waals surface area contributed by atoms with Crippen LogP contribution in [0.1, 0.15) is 24.3 Å². The van der Waals surface area contributed by atoms with E-state index in [1.807, 2.05) is 31.2 Å². The van der Waals surface area contributed by atoms with Crippen molar-refractivity contribution in [2.24, 2.45) is 5.92 Å². The number of sulfonamides is 1. The van der Waals surface area contributed by atoms with Gasteiger partial charge in [0, 0.05) is 30.2 Å². The number of carbonyl (C=O) groups excluding carboxylic acids is 1. The smallest absolute Gasteiger partial charge is 0.246 e. The summed E-state index contributed by atoms with van der Waals surface area (Å²) >= 11 is 3.42. The molecule has 1 aliphatic rings. The molecule has 0 bridgehead atoms. The number of aryl methyl sites for hydroxylation is 1. The van der Waals surface area contributed by atoms with Gasteiger partial charge in [-0.25, -0.2) is 8.42 Å². The van der Waals surface area contributed by atoms with Crippen molar-refractivity contribution in [3.63, 3.8) is 0 Å². The molecule has 1 aliphatic heterocycles. The Labute approximate surface area is 201 Å². The average Bonchev–Trinajstić information content (AvgIpc) is 3.27. The molecule has 0 spiro atoms. The minimum atomic E-state index is -3.64. The van der Waals surface area contributed by atoms with E-state index in [1.54, 1.807) is 31.3 Å². The molecular weight excluding hydrogens is 508 g/mol. The molecule has 10 heteroatoms. The van der Waals surface area contributed by atoms with E-state index in [9.17, 15) is 13.2 Å². The van der Waals surface area contributed by atoms with Gasteiger partial charge in [-0.2, -0.15) is 9.29 Å². The molecule has 33 heavy (non-hydrogen) atoms. The molecule has 0 N–H and O–H groups in total.